The summed E-state index contributed by atoms with van der Waals surface area (Å²) in [5, 5.41) is 3.54. The van der Waals surface area contributed by atoms with E-state index in [2.05, 4.69) is 11.4 Å². The van der Waals surface area contributed by atoms with Gasteiger partial charge in [-0.05, 0) is 79.1 Å². The van der Waals surface area contributed by atoms with Gasteiger partial charge in [0.2, 0.25) is 0 Å². The Kier molecular flexibility index (Phi) is 5.91. The maximum Gasteiger partial charge on any atom is 0.262 e. The summed E-state index contributed by atoms with van der Waals surface area (Å²) in [7, 11) is 1.56. The van der Waals surface area contributed by atoms with Crippen molar-refractivity contribution in [3.8, 4) is 5.75 Å². The Bertz CT molecular complexity index is 1610. The third kappa shape index (κ3) is 4.12. The van der Waals surface area contributed by atoms with Crippen molar-refractivity contribution < 1.29 is 19.1 Å². The Labute approximate surface area is 226 Å². The van der Waals surface area contributed by atoms with E-state index in [4.69, 9.17) is 4.74 Å². The van der Waals surface area contributed by atoms with Gasteiger partial charge in [-0.2, -0.15) is 0 Å². The molecule has 1 N–H and O–H groups in total. The molecule has 7 heteroatoms. The molecule has 3 amide bonds. The van der Waals surface area contributed by atoms with Crippen LogP contribution in [-0.4, -0.2) is 29.7 Å². The molecule has 0 bridgehead atoms. The van der Waals surface area contributed by atoms with Crippen LogP contribution in [0.15, 0.2) is 84.9 Å². The fraction of sp³-hybridized carbons (Fsp3) is 0.156. The molecule has 0 radical (unpaired) electrons. The summed E-state index contributed by atoms with van der Waals surface area (Å²) >= 11 is 0. The Hall–Kier alpha value is -4.91. The minimum absolute atomic E-state index is 0.0458. The van der Waals surface area contributed by atoms with Gasteiger partial charge in [-0.25, -0.2) is 0 Å². The molecule has 39 heavy (non-hydrogen) atoms. The van der Waals surface area contributed by atoms with E-state index in [1.54, 1.807) is 36.3 Å². The molecule has 0 fully saturated rings. The van der Waals surface area contributed by atoms with Crippen molar-refractivity contribution in [3.05, 3.63) is 124 Å². The first-order chi connectivity index (χ1) is 18.9. The molecule has 0 spiro atoms. The Balaban J connectivity index is 1.43. The van der Waals surface area contributed by atoms with Gasteiger partial charge >= 0.3 is 0 Å². The van der Waals surface area contributed by atoms with Gasteiger partial charge in [0.1, 0.15) is 11.9 Å². The number of methoxy groups -OCH3 is 1. The molecule has 0 aliphatic carbocycles. The van der Waals surface area contributed by atoms with Crippen LogP contribution in [0.25, 0.3) is 0 Å². The lowest BCUT2D eigenvalue weighted by Gasteiger charge is -2.38. The molecular weight excluding hydrogens is 490 g/mol. The zero-order chi connectivity index (χ0) is 27.3. The van der Waals surface area contributed by atoms with Crippen LogP contribution in [0, 0.1) is 13.8 Å². The standard InChI is InChI=1S/C32H27N3O4/c1-19-14-20(2)16-23(15-19)35-29(33-27-11-7-6-10-26(27)32(35)38)21-12-13-28(39-3)22(17-21)18-34-30(36)24-8-4-5-9-25(24)31(34)37/h4-17,29,33H,18H2,1-3H3. The second-order valence-corrected chi connectivity index (χ2v) is 9.93. The van der Waals surface area contributed by atoms with E-state index in [-0.39, 0.29) is 24.3 Å². The van der Waals surface area contributed by atoms with Gasteiger partial charge in [-0.15, -0.1) is 0 Å². The van der Waals surface area contributed by atoms with Crippen LogP contribution in [0.3, 0.4) is 0 Å². The first-order valence-corrected chi connectivity index (χ1v) is 12.7. The topological polar surface area (TPSA) is 79.0 Å². The highest BCUT2D eigenvalue weighted by Crippen LogP contribution is 2.39. The SMILES string of the molecule is COc1ccc(C2Nc3ccccc3C(=O)N2c2cc(C)cc(C)c2)cc1CN1C(=O)c2ccccc2C1=O. The van der Waals surface area contributed by atoms with E-state index in [0.29, 0.717) is 28.0 Å². The van der Waals surface area contributed by atoms with Gasteiger partial charge in [0, 0.05) is 16.9 Å². The zero-order valence-electron chi connectivity index (χ0n) is 21.9. The van der Waals surface area contributed by atoms with Crippen LogP contribution < -0.4 is 15.0 Å². The van der Waals surface area contributed by atoms with Crippen molar-refractivity contribution in [3.63, 3.8) is 0 Å². The number of imide groups is 1. The number of amides is 3. The molecule has 2 aliphatic rings. The number of carbonyl (C=O) groups excluding carboxylic acids is 3. The van der Waals surface area contributed by atoms with Crippen molar-refractivity contribution in [2.75, 3.05) is 17.3 Å². The Morgan fingerprint density at radius 1 is 0.744 bits per heavy atom. The number of fused-ring (bicyclic) bond motifs is 2. The van der Waals surface area contributed by atoms with E-state index in [0.717, 1.165) is 28.1 Å². The molecular formula is C32H27N3O4. The second-order valence-electron chi connectivity index (χ2n) is 9.93. The first kappa shape index (κ1) is 24.4. The number of aryl methyl sites for hydroxylation is 2. The van der Waals surface area contributed by atoms with Crippen molar-refractivity contribution in [1.29, 1.82) is 0 Å². The highest BCUT2D eigenvalue weighted by atomic mass is 16.5. The summed E-state index contributed by atoms with van der Waals surface area (Å²) in [6, 6.07) is 26.0. The maximum absolute atomic E-state index is 13.9. The van der Waals surface area contributed by atoms with Crippen LogP contribution in [0.5, 0.6) is 5.75 Å². The number of nitrogens with one attached hydrogen (secondary N) is 1. The predicted molar refractivity (Wildman–Crippen MR) is 149 cm³/mol. The third-order valence-corrected chi connectivity index (χ3v) is 7.24. The quantitative estimate of drug-likeness (QED) is 0.335. The fourth-order valence-electron chi connectivity index (χ4n) is 5.49. The minimum atomic E-state index is -0.527. The lowest BCUT2D eigenvalue weighted by atomic mass is 9.99. The van der Waals surface area contributed by atoms with Gasteiger partial charge in [-0.3, -0.25) is 24.2 Å². The lowest BCUT2D eigenvalue weighted by Crippen LogP contribution is -2.43. The normalized spacial score (nSPS) is 16.2. The molecule has 2 aliphatic heterocycles. The molecule has 1 atom stereocenters. The largest absolute Gasteiger partial charge is 0.496 e. The lowest BCUT2D eigenvalue weighted by molar-refractivity contribution is 0.0641. The number of hydrogen-bond donors (Lipinski definition) is 1. The summed E-state index contributed by atoms with van der Waals surface area (Å²) in [6.45, 7) is 4.06. The number of hydrogen-bond acceptors (Lipinski definition) is 5. The average molecular weight is 518 g/mol. The summed E-state index contributed by atoms with van der Waals surface area (Å²) in [5.74, 6) is -0.229. The molecule has 2 heterocycles. The van der Waals surface area contributed by atoms with Crippen LogP contribution >= 0.6 is 0 Å². The van der Waals surface area contributed by atoms with Gasteiger partial charge in [0.05, 0.1) is 30.3 Å². The van der Waals surface area contributed by atoms with Gasteiger partial charge < -0.3 is 10.1 Å². The summed E-state index contributed by atoms with van der Waals surface area (Å²) < 4.78 is 5.62. The number of benzene rings is 4. The number of para-hydroxylation sites is 1. The van der Waals surface area contributed by atoms with Crippen LogP contribution in [0.4, 0.5) is 11.4 Å². The first-order valence-electron chi connectivity index (χ1n) is 12.7. The second kappa shape index (κ2) is 9.44. The number of ether oxygens (including phenoxy) is 1. The van der Waals surface area contributed by atoms with Gasteiger partial charge in [0.15, 0.2) is 0 Å². The van der Waals surface area contributed by atoms with E-state index >= 15 is 0 Å². The molecule has 0 saturated heterocycles. The van der Waals surface area contributed by atoms with Crippen molar-refractivity contribution in [2.24, 2.45) is 0 Å². The van der Waals surface area contributed by atoms with Crippen molar-refractivity contribution in [2.45, 2.75) is 26.6 Å². The number of anilines is 2. The molecule has 4 aromatic rings. The van der Waals surface area contributed by atoms with Crippen molar-refractivity contribution in [1.82, 2.24) is 4.90 Å². The Morgan fingerprint density at radius 3 is 2.00 bits per heavy atom. The average Bonchev–Trinajstić information content (AvgIpc) is 3.17. The van der Waals surface area contributed by atoms with Crippen molar-refractivity contribution >= 4 is 29.1 Å². The molecule has 7 nitrogen and oxygen atoms in total. The predicted octanol–water partition coefficient (Wildman–Crippen LogP) is 5.88. The summed E-state index contributed by atoms with van der Waals surface area (Å²) in [6.07, 6.45) is -0.527. The highest BCUT2D eigenvalue weighted by Gasteiger charge is 2.37. The molecule has 6 rings (SSSR count). The van der Waals surface area contributed by atoms with Gasteiger partial charge in [-0.1, -0.05) is 36.4 Å². The smallest absolute Gasteiger partial charge is 0.262 e. The van der Waals surface area contributed by atoms with Crippen LogP contribution in [0.2, 0.25) is 0 Å². The highest BCUT2D eigenvalue weighted by molar-refractivity contribution is 6.21. The molecule has 0 saturated carbocycles. The van der Waals surface area contributed by atoms with E-state index in [1.165, 1.54) is 4.90 Å². The molecule has 0 aromatic heterocycles. The van der Waals surface area contributed by atoms with E-state index < -0.39 is 6.17 Å². The fourth-order valence-corrected chi connectivity index (χ4v) is 5.49. The maximum atomic E-state index is 13.9. The third-order valence-electron chi connectivity index (χ3n) is 7.24. The minimum Gasteiger partial charge on any atom is -0.496 e. The van der Waals surface area contributed by atoms with Crippen LogP contribution in [-0.2, 0) is 6.54 Å². The van der Waals surface area contributed by atoms with E-state index in [9.17, 15) is 14.4 Å². The zero-order valence-corrected chi connectivity index (χ0v) is 21.9. The van der Waals surface area contributed by atoms with Crippen LogP contribution in [0.1, 0.15) is 59.5 Å². The summed E-state index contributed by atoms with van der Waals surface area (Å²) in [4.78, 5) is 43.0. The molecule has 194 valence electrons. The monoisotopic (exact) mass is 517 g/mol. The summed E-state index contributed by atoms with van der Waals surface area (Å²) in [5.41, 5.74) is 6.47. The number of carbonyl (C=O) groups is 3. The molecule has 1 unspecified atom stereocenters. The molecule has 4 aromatic carbocycles. The number of rotatable bonds is 5. The van der Waals surface area contributed by atoms with Gasteiger partial charge in [0.25, 0.3) is 17.7 Å². The Morgan fingerprint density at radius 2 is 1.36 bits per heavy atom. The van der Waals surface area contributed by atoms with E-state index in [1.807, 2.05) is 68.4 Å². The number of nitrogens with zero attached hydrogens (tertiary/aromatic N) is 2.